The number of piperidine rings is 1. The summed E-state index contributed by atoms with van der Waals surface area (Å²) in [5.74, 6) is 1.72. The van der Waals surface area contributed by atoms with E-state index >= 15 is 0 Å². The summed E-state index contributed by atoms with van der Waals surface area (Å²) >= 11 is 0. The van der Waals surface area contributed by atoms with Crippen LogP contribution < -0.4 is 5.32 Å². The Morgan fingerprint density at radius 3 is 2.81 bits per heavy atom. The molecule has 0 unspecified atom stereocenters. The van der Waals surface area contributed by atoms with E-state index < -0.39 is 0 Å². The third-order valence-electron chi connectivity index (χ3n) is 3.47. The van der Waals surface area contributed by atoms with Crippen molar-refractivity contribution in [1.82, 2.24) is 5.32 Å². The Kier molecular flexibility index (Phi) is 2.44. The number of aryl methyl sites for hydroxylation is 1. The highest BCUT2D eigenvalue weighted by Crippen LogP contribution is 2.29. The van der Waals surface area contributed by atoms with E-state index in [1.54, 1.807) is 0 Å². The molecule has 1 saturated heterocycles. The van der Waals surface area contributed by atoms with Gasteiger partial charge in [-0.2, -0.15) is 0 Å². The zero-order valence-corrected chi connectivity index (χ0v) is 9.62. The van der Waals surface area contributed by atoms with E-state index in [0.717, 1.165) is 30.4 Å². The van der Waals surface area contributed by atoms with Crippen LogP contribution in [0.2, 0.25) is 0 Å². The fourth-order valence-corrected chi connectivity index (χ4v) is 2.60. The molecule has 0 saturated carbocycles. The van der Waals surface area contributed by atoms with Crippen molar-refractivity contribution in [1.29, 1.82) is 0 Å². The van der Waals surface area contributed by atoms with Crippen LogP contribution in [0.1, 0.15) is 30.1 Å². The van der Waals surface area contributed by atoms with Crippen molar-refractivity contribution >= 4 is 11.0 Å². The largest absolute Gasteiger partial charge is 0.461 e. The summed E-state index contributed by atoms with van der Waals surface area (Å²) in [6.07, 6.45) is 2.50. The van der Waals surface area contributed by atoms with Crippen LogP contribution in [0, 0.1) is 6.92 Å². The Morgan fingerprint density at radius 1 is 1.19 bits per heavy atom. The second-order valence-corrected chi connectivity index (χ2v) is 4.68. The van der Waals surface area contributed by atoms with Crippen LogP contribution in [0.5, 0.6) is 0 Å². The van der Waals surface area contributed by atoms with Gasteiger partial charge >= 0.3 is 0 Å². The second kappa shape index (κ2) is 3.95. The standard InChI is InChI=1S/C14H17NO/c1-10-8-13-9-12(2-3-14(13)16-10)11-4-6-15-7-5-11/h2-3,8-9,11,15H,4-7H2,1H3. The molecule has 2 aromatic rings. The molecule has 2 nitrogen and oxygen atoms in total. The zero-order chi connectivity index (χ0) is 11.0. The minimum atomic E-state index is 0.723. The molecule has 1 aromatic carbocycles. The first kappa shape index (κ1) is 9.91. The van der Waals surface area contributed by atoms with Crippen LogP contribution in [-0.2, 0) is 0 Å². The molecule has 1 aliphatic heterocycles. The van der Waals surface area contributed by atoms with Crippen molar-refractivity contribution < 1.29 is 4.42 Å². The van der Waals surface area contributed by atoms with Gasteiger partial charge in [0.05, 0.1) is 0 Å². The van der Waals surface area contributed by atoms with E-state index in [1.807, 2.05) is 6.92 Å². The Morgan fingerprint density at radius 2 is 2.00 bits per heavy atom. The Labute approximate surface area is 95.6 Å². The molecule has 3 rings (SSSR count). The Hall–Kier alpha value is -1.28. The summed E-state index contributed by atoms with van der Waals surface area (Å²) in [7, 11) is 0. The number of nitrogens with one attached hydrogen (secondary N) is 1. The normalized spacial score (nSPS) is 18.1. The molecule has 0 amide bonds. The summed E-state index contributed by atoms with van der Waals surface area (Å²) in [4.78, 5) is 0. The number of rotatable bonds is 1. The number of fused-ring (bicyclic) bond motifs is 1. The van der Waals surface area contributed by atoms with Crippen LogP contribution in [0.4, 0.5) is 0 Å². The van der Waals surface area contributed by atoms with Crippen LogP contribution >= 0.6 is 0 Å². The lowest BCUT2D eigenvalue weighted by Gasteiger charge is -2.22. The minimum Gasteiger partial charge on any atom is -0.461 e. The maximum Gasteiger partial charge on any atom is 0.134 e. The van der Waals surface area contributed by atoms with E-state index in [-0.39, 0.29) is 0 Å². The molecule has 0 atom stereocenters. The van der Waals surface area contributed by atoms with Gasteiger partial charge in [0.1, 0.15) is 11.3 Å². The highest BCUT2D eigenvalue weighted by Gasteiger charge is 2.15. The zero-order valence-electron chi connectivity index (χ0n) is 9.62. The van der Waals surface area contributed by atoms with Gasteiger partial charge in [0, 0.05) is 5.39 Å². The first-order valence-corrected chi connectivity index (χ1v) is 6.04. The first-order valence-electron chi connectivity index (χ1n) is 6.04. The van der Waals surface area contributed by atoms with Gasteiger partial charge in [0.15, 0.2) is 0 Å². The molecular weight excluding hydrogens is 198 g/mol. The summed E-state index contributed by atoms with van der Waals surface area (Å²) in [6.45, 7) is 4.30. The summed E-state index contributed by atoms with van der Waals surface area (Å²) in [5.41, 5.74) is 2.48. The average Bonchev–Trinajstić information content (AvgIpc) is 2.69. The minimum absolute atomic E-state index is 0.723. The lowest BCUT2D eigenvalue weighted by atomic mass is 9.90. The molecule has 1 fully saturated rings. The molecular formula is C14H17NO. The fraction of sp³-hybridized carbons (Fsp3) is 0.429. The Balaban J connectivity index is 1.97. The third-order valence-corrected chi connectivity index (χ3v) is 3.47. The smallest absolute Gasteiger partial charge is 0.134 e. The topological polar surface area (TPSA) is 25.2 Å². The fourth-order valence-electron chi connectivity index (χ4n) is 2.60. The van der Waals surface area contributed by atoms with Crippen LogP contribution in [0.25, 0.3) is 11.0 Å². The highest BCUT2D eigenvalue weighted by atomic mass is 16.3. The van der Waals surface area contributed by atoms with Gasteiger partial charge < -0.3 is 9.73 Å². The van der Waals surface area contributed by atoms with Gasteiger partial charge in [-0.25, -0.2) is 0 Å². The van der Waals surface area contributed by atoms with Gasteiger partial charge in [-0.1, -0.05) is 6.07 Å². The van der Waals surface area contributed by atoms with E-state index in [0.29, 0.717) is 0 Å². The van der Waals surface area contributed by atoms with E-state index in [2.05, 4.69) is 29.6 Å². The molecule has 0 aliphatic carbocycles. The molecule has 1 N–H and O–H groups in total. The van der Waals surface area contributed by atoms with E-state index in [1.165, 1.54) is 23.8 Å². The monoisotopic (exact) mass is 215 g/mol. The molecule has 1 aliphatic rings. The molecule has 0 radical (unpaired) electrons. The predicted molar refractivity (Wildman–Crippen MR) is 65.8 cm³/mol. The molecule has 2 heteroatoms. The average molecular weight is 215 g/mol. The molecule has 1 aromatic heterocycles. The van der Waals surface area contributed by atoms with Crippen molar-refractivity contribution in [2.24, 2.45) is 0 Å². The lowest BCUT2D eigenvalue weighted by molar-refractivity contribution is 0.460. The maximum atomic E-state index is 5.60. The van der Waals surface area contributed by atoms with Gasteiger partial charge in [-0.15, -0.1) is 0 Å². The molecule has 2 heterocycles. The number of hydrogen-bond donors (Lipinski definition) is 1. The van der Waals surface area contributed by atoms with E-state index in [4.69, 9.17) is 4.42 Å². The lowest BCUT2D eigenvalue weighted by Crippen LogP contribution is -2.26. The van der Waals surface area contributed by atoms with Gasteiger partial charge in [-0.3, -0.25) is 0 Å². The number of benzene rings is 1. The van der Waals surface area contributed by atoms with Crippen molar-refractivity contribution in [2.45, 2.75) is 25.7 Å². The molecule has 84 valence electrons. The molecule has 0 spiro atoms. The Bertz CT molecular complexity index is 494. The van der Waals surface area contributed by atoms with Crippen molar-refractivity contribution in [2.75, 3.05) is 13.1 Å². The van der Waals surface area contributed by atoms with Gasteiger partial charge in [-0.05, 0) is 62.5 Å². The van der Waals surface area contributed by atoms with Gasteiger partial charge in [0.25, 0.3) is 0 Å². The maximum absolute atomic E-state index is 5.60. The summed E-state index contributed by atoms with van der Waals surface area (Å²) in [5, 5.41) is 4.65. The van der Waals surface area contributed by atoms with Crippen LogP contribution in [0.3, 0.4) is 0 Å². The number of hydrogen-bond acceptors (Lipinski definition) is 2. The quantitative estimate of drug-likeness (QED) is 0.790. The van der Waals surface area contributed by atoms with Crippen LogP contribution in [-0.4, -0.2) is 13.1 Å². The summed E-state index contributed by atoms with van der Waals surface area (Å²) < 4.78 is 5.60. The predicted octanol–water partition coefficient (Wildman–Crippen LogP) is 3.21. The molecule has 16 heavy (non-hydrogen) atoms. The van der Waals surface area contributed by atoms with Crippen molar-refractivity contribution in [3.05, 3.63) is 35.6 Å². The third kappa shape index (κ3) is 1.74. The van der Waals surface area contributed by atoms with Crippen molar-refractivity contribution in [3.63, 3.8) is 0 Å². The second-order valence-electron chi connectivity index (χ2n) is 4.68. The highest BCUT2D eigenvalue weighted by molar-refractivity contribution is 5.78. The summed E-state index contributed by atoms with van der Waals surface area (Å²) in [6, 6.07) is 8.75. The van der Waals surface area contributed by atoms with Gasteiger partial charge in [0.2, 0.25) is 0 Å². The van der Waals surface area contributed by atoms with Crippen LogP contribution in [0.15, 0.2) is 28.7 Å². The molecule has 0 bridgehead atoms. The number of furan rings is 1. The first-order chi connectivity index (χ1) is 7.83. The SMILES string of the molecule is Cc1cc2cc(C3CCNCC3)ccc2o1. The van der Waals surface area contributed by atoms with E-state index in [9.17, 15) is 0 Å². The van der Waals surface area contributed by atoms with Crippen molar-refractivity contribution in [3.8, 4) is 0 Å².